The van der Waals surface area contributed by atoms with Crippen molar-refractivity contribution in [1.82, 2.24) is 10.6 Å². The number of nitrogens with zero attached hydrogens (tertiary/aromatic N) is 1. The maximum absolute atomic E-state index is 11.4. The van der Waals surface area contributed by atoms with Gasteiger partial charge in [-0.05, 0) is 42.3 Å². The number of hydrogen-bond donors (Lipinski definition) is 3. The highest BCUT2D eigenvalue weighted by molar-refractivity contribution is 14.0. The molecule has 0 aliphatic carbocycles. The van der Waals surface area contributed by atoms with Crippen molar-refractivity contribution in [3.63, 3.8) is 0 Å². The van der Waals surface area contributed by atoms with E-state index in [-0.39, 0.29) is 28.9 Å². The topological polar surface area (TPSA) is 106 Å². The molecule has 2 aromatic carbocycles. The van der Waals surface area contributed by atoms with E-state index in [1.807, 2.05) is 37.3 Å². The van der Waals surface area contributed by atoms with Crippen molar-refractivity contribution < 1.29 is 13.2 Å². The molecule has 7 nitrogen and oxygen atoms in total. The van der Waals surface area contributed by atoms with Crippen LogP contribution in [-0.4, -0.2) is 28.0 Å². The van der Waals surface area contributed by atoms with Crippen LogP contribution in [-0.2, 0) is 23.1 Å². The maximum Gasteiger partial charge on any atom is 0.238 e. The summed E-state index contributed by atoms with van der Waals surface area (Å²) in [7, 11) is -2.08. The number of primary sulfonamides is 1. The first kappa shape index (κ1) is 23.2. The zero-order chi connectivity index (χ0) is 19.0. The van der Waals surface area contributed by atoms with E-state index in [4.69, 9.17) is 9.88 Å². The molecule has 0 fully saturated rings. The molecule has 0 aliphatic heterocycles. The number of aliphatic imine (C=N–C) groups is 1. The van der Waals surface area contributed by atoms with E-state index < -0.39 is 10.0 Å². The van der Waals surface area contributed by atoms with Crippen molar-refractivity contribution in [2.45, 2.75) is 24.9 Å². The summed E-state index contributed by atoms with van der Waals surface area (Å²) in [6.07, 6.45) is 0. The van der Waals surface area contributed by atoms with E-state index in [0.29, 0.717) is 25.6 Å². The zero-order valence-corrected chi connectivity index (χ0v) is 18.5. The number of hydrogen-bond acceptors (Lipinski definition) is 4. The molecule has 0 aliphatic rings. The number of sulfonamides is 1. The Morgan fingerprint density at radius 2 is 1.81 bits per heavy atom. The normalized spacial score (nSPS) is 11.4. The number of rotatable bonds is 7. The summed E-state index contributed by atoms with van der Waals surface area (Å²) in [5.74, 6) is 1.45. The molecule has 0 spiro atoms. The van der Waals surface area contributed by atoms with Crippen LogP contribution in [0.3, 0.4) is 0 Å². The molecule has 2 aromatic rings. The van der Waals surface area contributed by atoms with Gasteiger partial charge in [-0.15, -0.1) is 24.0 Å². The van der Waals surface area contributed by atoms with E-state index in [9.17, 15) is 8.42 Å². The minimum Gasteiger partial charge on any atom is -0.497 e. The van der Waals surface area contributed by atoms with Crippen molar-refractivity contribution >= 4 is 40.0 Å². The fraction of sp³-hybridized carbons (Fsp3) is 0.278. The van der Waals surface area contributed by atoms with Gasteiger partial charge in [0.25, 0.3) is 0 Å². The van der Waals surface area contributed by atoms with Gasteiger partial charge in [0, 0.05) is 13.1 Å². The van der Waals surface area contributed by atoms with Gasteiger partial charge in [0.1, 0.15) is 5.75 Å². The highest BCUT2D eigenvalue weighted by Crippen LogP contribution is 2.12. The lowest BCUT2D eigenvalue weighted by atomic mass is 10.2. The summed E-state index contributed by atoms with van der Waals surface area (Å²) in [4.78, 5) is 4.57. The van der Waals surface area contributed by atoms with Gasteiger partial charge in [-0.25, -0.2) is 18.5 Å². The molecule has 0 radical (unpaired) electrons. The quantitative estimate of drug-likeness (QED) is 0.305. The second-order valence-corrected chi connectivity index (χ2v) is 7.15. The highest BCUT2D eigenvalue weighted by atomic mass is 127. The molecule has 148 valence electrons. The van der Waals surface area contributed by atoms with E-state index in [2.05, 4.69) is 15.6 Å². The van der Waals surface area contributed by atoms with Gasteiger partial charge < -0.3 is 15.4 Å². The molecule has 2 rings (SSSR count). The minimum absolute atomic E-state index is 0. The molecule has 0 unspecified atom stereocenters. The Morgan fingerprint density at radius 1 is 1.11 bits per heavy atom. The van der Waals surface area contributed by atoms with Crippen LogP contribution in [0, 0.1) is 0 Å². The Morgan fingerprint density at radius 3 is 2.41 bits per heavy atom. The fourth-order valence-electron chi connectivity index (χ4n) is 2.26. The van der Waals surface area contributed by atoms with E-state index in [0.717, 1.165) is 16.9 Å². The molecule has 0 bridgehead atoms. The molecular weight excluding hydrogens is 479 g/mol. The molecule has 27 heavy (non-hydrogen) atoms. The van der Waals surface area contributed by atoms with Crippen LogP contribution in [0.25, 0.3) is 0 Å². The van der Waals surface area contributed by atoms with Crippen LogP contribution in [0.1, 0.15) is 18.1 Å². The lowest BCUT2D eigenvalue weighted by Gasteiger charge is -2.12. The Hall–Kier alpha value is -1.85. The molecule has 0 amide bonds. The molecule has 0 saturated heterocycles. The SMILES string of the molecule is CCNC(=NCc1cccc(S(N)(=O)=O)c1)NCc1ccc(OC)cc1.I. The second kappa shape index (κ2) is 11.1. The van der Waals surface area contributed by atoms with Gasteiger partial charge in [0.05, 0.1) is 18.6 Å². The van der Waals surface area contributed by atoms with Gasteiger partial charge >= 0.3 is 0 Å². The number of nitrogens with two attached hydrogens (primary N) is 1. The van der Waals surface area contributed by atoms with Crippen molar-refractivity contribution in [3.05, 3.63) is 59.7 Å². The average molecular weight is 504 g/mol. The van der Waals surface area contributed by atoms with Crippen molar-refractivity contribution in [2.75, 3.05) is 13.7 Å². The van der Waals surface area contributed by atoms with Crippen LogP contribution >= 0.6 is 24.0 Å². The number of halogens is 1. The molecule has 0 aromatic heterocycles. The van der Waals surface area contributed by atoms with Crippen molar-refractivity contribution in [2.24, 2.45) is 10.1 Å². The number of ether oxygens (including phenoxy) is 1. The van der Waals surface area contributed by atoms with Crippen molar-refractivity contribution in [1.29, 1.82) is 0 Å². The molecule has 0 atom stereocenters. The molecule has 4 N–H and O–H groups in total. The second-order valence-electron chi connectivity index (χ2n) is 5.59. The van der Waals surface area contributed by atoms with Gasteiger partial charge in [-0.3, -0.25) is 0 Å². The van der Waals surface area contributed by atoms with Crippen LogP contribution in [0.5, 0.6) is 5.75 Å². The van der Waals surface area contributed by atoms with Crippen LogP contribution in [0.15, 0.2) is 58.4 Å². The van der Waals surface area contributed by atoms with Crippen LogP contribution < -0.4 is 20.5 Å². The third-order valence-electron chi connectivity index (χ3n) is 3.61. The third kappa shape index (κ3) is 7.73. The summed E-state index contributed by atoms with van der Waals surface area (Å²) in [5.41, 5.74) is 1.85. The monoisotopic (exact) mass is 504 g/mol. The van der Waals surface area contributed by atoms with E-state index >= 15 is 0 Å². The Labute approximate surface area is 177 Å². The van der Waals surface area contributed by atoms with Gasteiger partial charge in [-0.2, -0.15) is 0 Å². The van der Waals surface area contributed by atoms with Gasteiger partial charge in [-0.1, -0.05) is 24.3 Å². The van der Waals surface area contributed by atoms with Crippen LogP contribution in [0.4, 0.5) is 0 Å². The summed E-state index contributed by atoms with van der Waals surface area (Å²) >= 11 is 0. The van der Waals surface area contributed by atoms with E-state index in [1.165, 1.54) is 12.1 Å². The molecule has 0 heterocycles. The first-order valence-electron chi connectivity index (χ1n) is 8.19. The molecule has 0 saturated carbocycles. The van der Waals surface area contributed by atoms with Crippen LogP contribution in [0.2, 0.25) is 0 Å². The third-order valence-corrected chi connectivity index (χ3v) is 4.52. The molecular formula is C18H25IN4O3S. The number of nitrogens with one attached hydrogen (secondary N) is 2. The first-order valence-corrected chi connectivity index (χ1v) is 9.74. The zero-order valence-electron chi connectivity index (χ0n) is 15.3. The predicted octanol–water partition coefficient (Wildman–Crippen LogP) is 2.22. The highest BCUT2D eigenvalue weighted by Gasteiger charge is 2.07. The summed E-state index contributed by atoms with van der Waals surface area (Å²) in [5, 5.41) is 11.6. The summed E-state index contributed by atoms with van der Waals surface area (Å²) in [6.45, 7) is 3.63. The maximum atomic E-state index is 11.4. The van der Waals surface area contributed by atoms with Gasteiger partial charge in [0.15, 0.2) is 5.96 Å². The Kier molecular flexibility index (Phi) is 9.53. The minimum atomic E-state index is -3.72. The standard InChI is InChI=1S/C18H24N4O3S.HI/c1-3-20-18(21-12-14-7-9-16(25-2)10-8-14)22-13-15-5-4-6-17(11-15)26(19,23)24;/h4-11H,3,12-13H2,1-2H3,(H2,19,23,24)(H2,20,21,22);1H. The summed E-state index contributed by atoms with van der Waals surface area (Å²) in [6, 6.07) is 14.2. The lowest BCUT2D eigenvalue weighted by Crippen LogP contribution is -2.36. The fourth-order valence-corrected chi connectivity index (χ4v) is 2.85. The largest absolute Gasteiger partial charge is 0.497 e. The van der Waals surface area contributed by atoms with Crippen molar-refractivity contribution in [3.8, 4) is 5.75 Å². The smallest absolute Gasteiger partial charge is 0.238 e. The Bertz CT molecular complexity index is 855. The van der Waals surface area contributed by atoms with E-state index in [1.54, 1.807) is 13.2 Å². The first-order chi connectivity index (χ1) is 12.4. The Balaban J connectivity index is 0.00000364. The predicted molar refractivity (Wildman–Crippen MR) is 118 cm³/mol. The lowest BCUT2D eigenvalue weighted by molar-refractivity contribution is 0.414. The number of methoxy groups -OCH3 is 1. The number of benzene rings is 2. The number of guanidine groups is 1. The average Bonchev–Trinajstić information content (AvgIpc) is 2.64. The molecule has 9 heteroatoms. The van der Waals surface area contributed by atoms with Gasteiger partial charge in [0.2, 0.25) is 10.0 Å². The summed E-state index contributed by atoms with van der Waals surface area (Å²) < 4.78 is 28.0.